The number of carbonyl (C=O) groups is 2. The van der Waals surface area contributed by atoms with Crippen molar-refractivity contribution in [2.75, 3.05) is 18.0 Å². The number of aryl methyl sites for hydroxylation is 2. The number of rotatable bonds is 5. The first-order valence-corrected chi connectivity index (χ1v) is 9.47. The van der Waals surface area contributed by atoms with Gasteiger partial charge in [0.15, 0.2) is 0 Å². The fourth-order valence-corrected chi connectivity index (χ4v) is 3.40. The van der Waals surface area contributed by atoms with Crippen LogP contribution in [0.5, 0.6) is 0 Å². The van der Waals surface area contributed by atoms with E-state index in [9.17, 15) is 9.59 Å². The molecule has 2 fully saturated rings. The van der Waals surface area contributed by atoms with Gasteiger partial charge in [-0.1, -0.05) is 13.0 Å². The molecule has 1 aliphatic carbocycles. The predicted octanol–water partition coefficient (Wildman–Crippen LogP) is 3.38. The van der Waals surface area contributed by atoms with Crippen LogP contribution in [0.2, 0.25) is 0 Å². The molecule has 1 saturated heterocycles. The van der Waals surface area contributed by atoms with Gasteiger partial charge < -0.3 is 10.2 Å². The third-order valence-electron chi connectivity index (χ3n) is 5.21. The number of benzene rings is 1. The second-order valence-corrected chi connectivity index (χ2v) is 7.34. The lowest BCUT2D eigenvalue weighted by atomic mass is 10.1. The number of nitrogens with one attached hydrogen (secondary N) is 1. The van der Waals surface area contributed by atoms with Crippen LogP contribution in [0.3, 0.4) is 0 Å². The predicted molar refractivity (Wildman–Crippen MR) is 99.8 cm³/mol. The average Bonchev–Trinajstić information content (AvgIpc) is 3.26. The Labute approximate surface area is 150 Å². The number of nitrogens with zero attached hydrogens (tertiary/aromatic N) is 2. The first-order valence-electron chi connectivity index (χ1n) is 9.47. The van der Waals surface area contributed by atoms with Crippen LogP contribution in [0.1, 0.15) is 50.2 Å². The lowest BCUT2D eigenvalue weighted by Crippen LogP contribution is -2.51. The van der Waals surface area contributed by atoms with Gasteiger partial charge in [-0.05, 0) is 69.2 Å². The lowest BCUT2D eigenvalue weighted by Gasteiger charge is -2.31. The van der Waals surface area contributed by atoms with Crippen molar-refractivity contribution in [1.82, 2.24) is 10.2 Å². The van der Waals surface area contributed by atoms with Crippen molar-refractivity contribution < 1.29 is 9.59 Å². The van der Waals surface area contributed by atoms with Crippen molar-refractivity contribution in [3.63, 3.8) is 0 Å². The van der Waals surface area contributed by atoms with Crippen molar-refractivity contribution in [2.45, 2.75) is 65.0 Å². The van der Waals surface area contributed by atoms with Gasteiger partial charge >= 0.3 is 6.03 Å². The molecule has 0 spiro atoms. The van der Waals surface area contributed by atoms with Crippen LogP contribution in [-0.2, 0) is 4.79 Å². The van der Waals surface area contributed by atoms with Crippen molar-refractivity contribution in [3.05, 3.63) is 29.3 Å². The van der Waals surface area contributed by atoms with Gasteiger partial charge in [-0.2, -0.15) is 0 Å². The molecule has 3 amide bonds. The molecule has 1 atom stereocenters. The van der Waals surface area contributed by atoms with Crippen molar-refractivity contribution in [2.24, 2.45) is 0 Å². The summed E-state index contributed by atoms with van der Waals surface area (Å²) in [5.74, 6) is 0.0184. The zero-order chi connectivity index (χ0) is 18.0. The van der Waals surface area contributed by atoms with Crippen LogP contribution in [0.25, 0.3) is 0 Å². The Morgan fingerprint density at radius 1 is 1.20 bits per heavy atom. The first-order chi connectivity index (χ1) is 12.0. The van der Waals surface area contributed by atoms with Crippen LogP contribution in [-0.4, -0.2) is 42.0 Å². The van der Waals surface area contributed by atoms with E-state index in [1.54, 1.807) is 4.90 Å². The van der Waals surface area contributed by atoms with Gasteiger partial charge in [-0.15, -0.1) is 0 Å². The smallest absolute Gasteiger partial charge is 0.325 e. The quantitative estimate of drug-likeness (QED) is 0.891. The molecule has 1 aromatic carbocycles. The van der Waals surface area contributed by atoms with Gasteiger partial charge in [0.1, 0.15) is 6.04 Å². The van der Waals surface area contributed by atoms with Crippen LogP contribution < -0.4 is 10.2 Å². The number of amides is 3. The van der Waals surface area contributed by atoms with Gasteiger partial charge in [-0.25, -0.2) is 4.79 Å². The van der Waals surface area contributed by atoms with Crippen molar-refractivity contribution in [3.8, 4) is 0 Å². The molecule has 5 heteroatoms. The summed E-state index contributed by atoms with van der Waals surface area (Å²) in [5, 5.41) is 3.06. The lowest BCUT2D eigenvalue weighted by molar-refractivity contribution is -0.124. The van der Waals surface area contributed by atoms with E-state index in [4.69, 9.17) is 0 Å². The molecule has 1 aromatic rings. The Balaban J connectivity index is 1.78. The van der Waals surface area contributed by atoms with Crippen molar-refractivity contribution in [1.29, 1.82) is 0 Å². The van der Waals surface area contributed by atoms with Crippen molar-refractivity contribution >= 4 is 17.6 Å². The molecule has 5 nitrogen and oxygen atoms in total. The SMILES string of the molecule is CCCN(C(=O)N1CCCC1C(=O)NC1CC1)c1ccc(C)c(C)c1. The molecule has 0 bridgehead atoms. The number of carbonyl (C=O) groups excluding carboxylic acids is 2. The fraction of sp³-hybridized carbons (Fsp3) is 0.600. The summed E-state index contributed by atoms with van der Waals surface area (Å²) in [7, 11) is 0. The molecular weight excluding hydrogens is 314 g/mol. The highest BCUT2D eigenvalue weighted by Crippen LogP contribution is 2.26. The van der Waals surface area contributed by atoms with E-state index < -0.39 is 0 Å². The number of urea groups is 1. The first kappa shape index (κ1) is 17.8. The van der Waals surface area contributed by atoms with Crippen LogP contribution in [0.15, 0.2) is 18.2 Å². The molecule has 1 saturated carbocycles. The summed E-state index contributed by atoms with van der Waals surface area (Å²) in [6, 6.07) is 6.10. The summed E-state index contributed by atoms with van der Waals surface area (Å²) < 4.78 is 0. The van der Waals surface area contributed by atoms with E-state index in [0.717, 1.165) is 37.8 Å². The Hall–Kier alpha value is -2.04. The molecule has 1 unspecified atom stereocenters. The van der Waals surface area contributed by atoms with Gasteiger partial charge in [0, 0.05) is 24.8 Å². The normalized spacial score (nSPS) is 19.8. The summed E-state index contributed by atoms with van der Waals surface area (Å²) >= 11 is 0. The minimum Gasteiger partial charge on any atom is -0.352 e. The molecule has 1 N–H and O–H groups in total. The van der Waals surface area contributed by atoms with E-state index >= 15 is 0 Å². The van der Waals surface area contributed by atoms with E-state index in [1.165, 1.54) is 11.1 Å². The molecule has 1 aliphatic heterocycles. The number of likely N-dealkylation sites (tertiary alicyclic amines) is 1. The second-order valence-electron chi connectivity index (χ2n) is 7.34. The Kier molecular flexibility index (Phi) is 5.30. The molecule has 1 heterocycles. The van der Waals surface area contributed by atoms with Gasteiger partial charge in [0.05, 0.1) is 0 Å². The fourth-order valence-electron chi connectivity index (χ4n) is 3.40. The maximum atomic E-state index is 13.2. The second kappa shape index (κ2) is 7.46. The zero-order valence-corrected chi connectivity index (χ0v) is 15.5. The largest absolute Gasteiger partial charge is 0.352 e. The van der Waals surface area contributed by atoms with Gasteiger partial charge in [0.25, 0.3) is 0 Å². The number of anilines is 1. The molecule has 2 aliphatic rings. The summed E-state index contributed by atoms with van der Waals surface area (Å²) in [6.07, 6.45) is 4.66. The Morgan fingerprint density at radius 3 is 2.60 bits per heavy atom. The highest BCUT2D eigenvalue weighted by Gasteiger charge is 2.38. The number of hydrogen-bond donors (Lipinski definition) is 1. The van der Waals surface area contributed by atoms with Crippen LogP contribution in [0.4, 0.5) is 10.5 Å². The summed E-state index contributed by atoms with van der Waals surface area (Å²) in [6.45, 7) is 7.53. The van der Waals surface area contributed by atoms with E-state index in [2.05, 4.69) is 38.2 Å². The molecular formula is C20H29N3O2. The Bertz CT molecular complexity index is 654. The van der Waals surface area contributed by atoms with E-state index in [1.807, 2.05) is 11.0 Å². The average molecular weight is 343 g/mol. The van der Waals surface area contributed by atoms with Crippen LogP contribution >= 0.6 is 0 Å². The highest BCUT2D eigenvalue weighted by atomic mass is 16.2. The standard InChI is InChI=1S/C20H29N3O2/c1-4-11-22(17-10-7-14(2)15(3)13-17)20(25)23-12-5-6-18(23)19(24)21-16-8-9-16/h7,10,13,16,18H,4-6,8-9,11-12H2,1-3H3,(H,21,24). The maximum absolute atomic E-state index is 13.2. The van der Waals surface area contributed by atoms with Gasteiger partial charge in [-0.3, -0.25) is 9.69 Å². The van der Waals surface area contributed by atoms with E-state index in [0.29, 0.717) is 19.1 Å². The summed E-state index contributed by atoms with van der Waals surface area (Å²) in [4.78, 5) is 29.3. The van der Waals surface area contributed by atoms with Gasteiger partial charge in [0.2, 0.25) is 5.91 Å². The van der Waals surface area contributed by atoms with E-state index in [-0.39, 0.29) is 18.0 Å². The minimum absolute atomic E-state index is 0.0184. The third kappa shape index (κ3) is 3.97. The summed E-state index contributed by atoms with van der Waals surface area (Å²) in [5.41, 5.74) is 3.31. The minimum atomic E-state index is -0.320. The molecule has 136 valence electrons. The topological polar surface area (TPSA) is 52.7 Å². The molecule has 0 radical (unpaired) electrons. The molecule has 0 aromatic heterocycles. The molecule has 25 heavy (non-hydrogen) atoms. The third-order valence-corrected chi connectivity index (χ3v) is 5.21. The molecule has 3 rings (SSSR count). The highest BCUT2D eigenvalue weighted by molar-refractivity contribution is 5.96. The number of hydrogen-bond acceptors (Lipinski definition) is 2. The monoisotopic (exact) mass is 343 g/mol. The Morgan fingerprint density at radius 2 is 1.96 bits per heavy atom. The maximum Gasteiger partial charge on any atom is 0.325 e. The van der Waals surface area contributed by atoms with Crippen LogP contribution in [0, 0.1) is 13.8 Å². The zero-order valence-electron chi connectivity index (χ0n) is 15.5.